The Hall–Kier alpha value is -2.60. The molecule has 0 bridgehead atoms. The van der Waals surface area contributed by atoms with E-state index in [0.717, 1.165) is 41.6 Å². The molecule has 1 aliphatic rings. The number of hydrogen-bond acceptors (Lipinski definition) is 5. The number of aryl methyl sites for hydroxylation is 1. The van der Waals surface area contributed by atoms with Gasteiger partial charge < -0.3 is 4.74 Å². The maximum Gasteiger partial charge on any atom is 0.290 e. The molecule has 0 saturated carbocycles. The molecule has 5 nitrogen and oxygen atoms in total. The van der Waals surface area contributed by atoms with Gasteiger partial charge in [-0.25, -0.2) is 0 Å². The number of unbranched alkanes of at least 4 members (excludes halogenated alkanes) is 3. The molecule has 1 aromatic heterocycles. The normalized spacial score (nSPS) is 15.0. The Kier molecular flexibility index (Phi) is 7.87. The summed E-state index contributed by atoms with van der Waals surface area (Å²) in [4.78, 5) is 27.7. The van der Waals surface area contributed by atoms with E-state index in [2.05, 4.69) is 29.4 Å². The molecule has 6 heteroatoms. The van der Waals surface area contributed by atoms with E-state index in [4.69, 9.17) is 4.74 Å². The van der Waals surface area contributed by atoms with Crippen LogP contribution in [0.4, 0.5) is 4.79 Å². The van der Waals surface area contributed by atoms with E-state index < -0.39 is 0 Å². The summed E-state index contributed by atoms with van der Waals surface area (Å²) < 4.78 is 5.80. The van der Waals surface area contributed by atoms with Crippen LogP contribution in [-0.4, -0.2) is 22.7 Å². The molecule has 1 N–H and O–H groups in total. The average Bonchev–Trinajstić information content (AvgIpc) is 3.04. The number of hydrogen-bond donors (Lipinski definition) is 1. The Labute approximate surface area is 176 Å². The first-order valence-electron chi connectivity index (χ1n) is 10.1. The zero-order valence-electron chi connectivity index (χ0n) is 16.6. The highest BCUT2D eigenvalue weighted by atomic mass is 32.2. The van der Waals surface area contributed by atoms with Gasteiger partial charge in [-0.3, -0.25) is 19.9 Å². The van der Waals surface area contributed by atoms with Crippen LogP contribution in [0.15, 0.2) is 47.5 Å². The van der Waals surface area contributed by atoms with E-state index in [1.165, 1.54) is 31.2 Å². The van der Waals surface area contributed by atoms with Crippen molar-refractivity contribution in [2.45, 2.75) is 45.4 Å². The summed E-state index contributed by atoms with van der Waals surface area (Å²) in [5, 5.41) is 1.91. The highest BCUT2D eigenvalue weighted by Crippen LogP contribution is 2.26. The first kappa shape index (κ1) is 21.1. The Morgan fingerprint density at radius 2 is 1.86 bits per heavy atom. The summed E-state index contributed by atoms with van der Waals surface area (Å²) in [7, 11) is 0. The molecular weight excluding hydrogens is 384 g/mol. The standard InChI is InChI=1S/C23H26N2O3S/c1-2-3-4-5-6-18-7-10-19(24-16-18)13-14-28-20-11-8-17(9-12-20)15-21-22(26)25-23(27)29-21/h7-12,15-16H,2-6,13-14H2,1H3,(H,25,26,27). The lowest BCUT2D eigenvalue weighted by atomic mass is 10.1. The third-order valence-corrected chi connectivity index (χ3v) is 5.46. The Morgan fingerprint density at radius 1 is 1.03 bits per heavy atom. The third kappa shape index (κ3) is 6.75. The van der Waals surface area contributed by atoms with Crippen molar-refractivity contribution in [3.63, 3.8) is 0 Å². The molecule has 2 heterocycles. The molecule has 29 heavy (non-hydrogen) atoms. The second kappa shape index (κ2) is 10.8. The molecule has 0 atom stereocenters. The number of carbonyl (C=O) groups excluding carboxylic acids is 2. The van der Waals surface area contributed by atoms with Gasteiger partial charge in [-0.1, -0.05) is 44.4 Å². The van der Waals surface area contributed by atoms with Crippen molar-refractivity contribution < 1.29 is 14.3 Å². The van der Waals surface area contributed by atoms with Crippen LogP contribution in [0.1, 0.15) is 49.4 Å². The van der Waals surface area contributed by atoms with Crippen LogP contribution >= 0.6 is 11.8 Å². The molecule has 1 saturated heterocycles. The summed E-state index contributed by atoms with van der Waals surface area (Å²) >= 11 is 0.915. The molecular formula is C23H26N2O3S. The highest BCUT2D eigenvalue weighted by Gasteiger charge is 2.24. The van der Waals surface area contributed by atoms with Crippen molar-refractivity contribution in [1.29, 1.82) is 0 Å². The van der Waals surface area contributed by atoms with Crippen molar-refractivity contribution in [2.75, 3.05) is 6.61 Å². The van der Waals surface area contributed by atoms with Crippen molar-refractivity contribution in [1.82, 2.24) is 10.3 Å². The number of amides is 2. The lowest BCUT2D eigenvalue weighted by Crippen LogP contribution is -2.17. The number of benzene rings is 1. The first-order valence-corrected chi connectivity index (χ1v) is 10.9. The molecule has 1 aromatic carbocycles. The number of carbonyl (C=O) groups is 2. The molecule has 152 valence electrons. The topological polar surface area (TPSA) is 68.3 Å². The SMILES string of the molecule is CCCCCCc1ccc(CCOc2ccc(C=C3SC(=O)NC3=O)cc2)nc1. The largest absolute Gasteiger partial charge is 0.493 e. The predicted molar refractivity (Wildman–Crippen MR) is 117 cm³/mol. The Bertz CT molecular complexity index is 861. The van der Waals surface area contributed by atoms with Gasteiger partial charge in [0.05, 0.1) is 11.5 Å². The number of nitrogens with zero attached hydrogens (tertiary/aromatic N) is 1. The molecule has 2 amide bonds. The second-order valence-electron chi connectivity index (χ2n) is 6.99. The van der Waals surface area contributed by atoms with Gasteiger partial charge in [-0.15, -0.1) is 0 Å². The fourth-order valence-corrected chi connectivity index (χ4v) is 3.70. The fraction of sp³-hybridized carbons (Fsp3) is 0.348. The van der Waals surface area contributed by atoms with E-state index in [0.29, 0.717) is 11.5 Å². The Morgan fingerprint density at radius 3 is 2.52 bits per heavy atom. The van der Waals surface area contributed by atoms with E-state index in [-0.39, 0.29) is 11.1 Å². The minimum absolute atomic E-state index is 0.334. The van der Waals surface area contributed by atoms with Gasteiger partial charge >= 0.3 is 0 Å². The predicted octanol–water partition coefficient (Wildman–Crippen LogP) is 5.15. The number of nitrogens with one attached hydrogen (secondary N) is 1. The molecule has 1 aliphatic heterocycles. The van der Waals surface area contributed by atoms with Crippen LogP contribution in [0.2, 0.25) is 0 Å². The molecule has 3 rings (SSSR count). The lowest BCUT2D eigenvalue weighted by Gasteiger charge is -2.07. The van der Waals surface area contributed by atoms with Crippen molar-refractivity contribution >= 4 is 29.0 Å². The Balaban J connectivity index is 1.43. The number of imide groups is 1. The van der Waals surface area contributed by atoms with E-state index in [1.807, 2.05) is 30.5 Å². The van der Waals surface area contributed by atoms with E-state index >= 15 is 0 Å². The quantitative estimate of drug-likeness (QED) is 0.433. The van der Waals surface area contributed by atoms with Gasteiger partial charge in [-0.05, 0) is 60.0 Å². The highest BCUT2D eigenvalue weighted by molar-refractivity contribution is 8.18. The molecule has 0 radical (unpaired) electrons. The number of aromatic nitrogens is 1. The maximum absolute atomic E-state index is 11.6. The minimum Gasteiger partial charge on any atom is -0.493 e. The number of rotatable bonds is 10. The van der Waals surface area contributed by atoms with Gasteiger partial charge in [0.25, 0.3) is 11.1 Å². The van der Waals surface area contributed by atoms with Crippen LogP contribution in [0.5, 0.6) is 5.75 Å². The minimum atomic E-state index is -0.347. The van der Waals surface area contributed by atoms with Gasteiger partial charge in [0, 0.05) is 18.3 Å². The third-order valence-electron chi connectivity index (χ3n) is 4.65. The van der Waals surface area contributed by atoms with Crippen LogP contribution < -0.4 is 10.1 Å². The van der Waals surface area contributed by atoms with Gasteiger partial charge in [-0.2, -0.15) is 0 Å². The van der Waals surface area contributed by atoms with Crippen LogP contribution in [0, 0.1) is 0 Å². The average molecular weight is 411 g/mol. The summed E-state index contributed by atoms with van der Waals surface area (Å²) in [5.74, 6) is 0.416. The monoisotopic (exact) mass is 410 g/mol. The van der Waals surface area contributed by atoms with Gasteiger partial charge in [0.2, 0.25) is 0 Å². The molecule has 0 aliphatic carbocycles. The summed E-state index contributed by atoms with van der Waals surface area (Å²) in [6.45, 7) is 2.78. The smallest absolute Gasteiger partial charge is 0.290 e. The van der Waals surface area contributed by atoms with E-state index in [9.17, 15) is 9.59 Å². The molecule has 0 spiro atoms. The summed E-state index contributed by atoms with van der Waals surface area (Å²) in [6.07, 6.45) is 10.6. The van der Waals surface area contributed by atoms with Crippen molar-refractivity contribution in [2.24, 2.45) is 0 Å². The van der Waals surface area contributed by atoms with Crippen molar-refractivity contribution in [3.8, 4) is 5.75 Å². The molecule has 2 aromatic rings. The maximum atomic E-state index is 11.6. The zero-order valence-corrected chi connectivity index (χ0v) is 17.5. The van der Waals surface area contributed by atoms with Crippen LogP contribution in [0.3, 0.4) is 0 Å². The number of thioether (sulfide) groups is 1. The molecule has 0 unspecified atom stereocenters. The molecule has 1 fully saturated rings. The summed E-state index contributed by atoms with van der Waals surface area (Å²) in [5.41, 5.74) is 3.17. The second-order valence-corrected chi connectivity index (χ2v) is 8.00. The van der Waals surface area contributed by atoms with Crippen LogP contribution in [0.25, 0.3) is 6.08 Å². The lowest BCUT2D eigenvalue weighted by molar-refractivity contribution is -0.115. The van der Waals surface area contributed by atoms with Crippen LogP contribution in [-0.2, 0) is 17.6 Å². The van der Waals surface area contributed by atoms with Gasteiger partial charge in [0.1, 0.15) is 5.75 Å². The van der Waals surface area contributed by atoms with Crippen molar-refractivity contribution in [3.05, 3.63) is 64.3 Å². The summed E-state index contributed by atoms with van der Waals surface area (Å²) in [6, 6.07) is 11.7. The zero-order chi connectivity index (χ0) is 20.5. The fourth-order valence-electron chi connectivity index (χ4n) is 3.01. The number of pyridine rings is 1. The first-order chi connectivity index (χ1) is 14.1. The number of ether oxygens (including phenoxy) is 1. The van der Waals surface area contributed by atoms with E-state index in [1.54, 1.807) is 6.08 Å². The van der Waals surface area contributed by atoms with Gasteiger partial charge in [0.15, 0.2) is 0 Å².